The topological polar surface area (TPSA) is 93.2 Å². The molecule has 28 heavy (non-hydrogen) atoms. The second kappa shape index (κ2) is 7.06. The molecule has 4 heterocycles. The predicted molar refractivity (Wildman–Crippen MR) is 101 cm³/mol. The molecule has 9 nitrogen and oxygen atoms in total. The van der Waals surface area contributed by atoms with Crippen molar-refractivity contribution in [1.82, 2.24) is 29.8 Å². The largest absolute Gasteiger partial charge is 0.353 e. The van der Waals surface area contributed by atoms with Gasteiger partial charge in [-0.05, 0) is 31.0 Å². The summed E-state index contributed by atoms with van der Waals surface area (Å²) in [4.78, 5) is 25.5. The third-order valence-electron chi connectivity index (χ3n) is 5.19. The highest BCUT2D eigenvalue weighted by Gasteiger charge is 2.30. The van der Waals surface area contributed by atoms with E-state index in [-0.39, 0.29) is 12.5 Å². The van der Waals surface area contributed by atoms with Crippen LogP contribution in [0.3, 0.4) is 0 Å². The summed E-state index contributed by atoms with van der Waals surface area (Å²) in [6.07, 6.45) is 7.54. The number of rotatable bonds is 5. The Morgan fingerprint density at radius 2 is 2.04 bits per heavy atom. The smallest absolute Gasteiger partial charge is 0.244 e. The molecule has 1 aliphatic carbocycles. The lowest BCUT2D eigenvalue weighted by molar-refractivity contribution is -0.132. The number of amides is 1. The lowest BCUT2D eigenvalue weighted by Crippen LogP contribution is -2.49. The molecule has 1 saturated carbocycles. The highest BCUT2D eigenvalue weighted by Crippen LogP contribution is 2.39. The van der Waals surface area contributed by atoms with Crippen LogP contribution in [-0.2, 0) is 11.3 Å². The van der Waals surface area contributed by atoms with Gasteiger partial charge in [0.05, 0.1) is 0 Å². The van der Waals surface area contributed by atoms with Crippen molar-refractivity contribution in [3.8, 4) is 11.4 Å². The Hall–Kier alpha value is -3.23. The molecule has 1 amide bonds. The standard InChI is InChI=1S/C19H21N7O2/c27-17(13-26-7-1-6-21-26)25-10-8-24(9-11-25)16-5-4-15(12-20-16)18-22-19(28-23-18)14-2-3-14/h1,4-7,12,14H,2-3,8-11,13H2. The summed E-state index contributed by atoms with van der Waals surface area (Å²) in [6.45, 7) is 3.15. The number of hydrogen-bond acceptors (Lipinski definition) is 7. The zero-order valence-corrected chi connectivity index (χ0v) is 15.4. The molecule has 9 heteroatoms. The van der Waals surface area contributed by atoms with Gasteiger partial charge >= 0.3 is 0 Å². The third kappa shape index (κ3) is 3.47. The molecule has 2 fully saturated rings. The molecule has 0 N–H and O–H groups in total. The average Bonchev–Trinajstić information content (AvgIpc) is 3.24. The molecule has 144 valence electrons. The Labute approximate surface area is 162 Å². The van der Waals surface area contributed by atoms with Gasteiger partial charge in [0.25, 0.3) is 0 Å². The summed E-state index contributed by atoms with van der Waals surface area (Å²) >= 11 is 0. The fourth-order valence-electron chi connectivity index (χ4n) is 3.37. The van der Waals surface area contributed by atoms with E-state index >= 15 is 0 Å². The highest BCUT2D eigenvalue weighted by atomic mass is 16.5. The van der Waals surface area contributed by atoms with Crippen molar-refractivity contribution in [3.05, 3.63) is 42.7 Å². The molecule has 0 aromatic carbocycles. The second-order valence-electron chi connectivity index (χ2n) is 7.21. The predicted octanol–water partition coefficient (Wildman–Crippen LogP) is 1.55. The SMILES string of the molecule is O=C(Cn1cccn1)N1CCN(c2ccc(-c3noc(C4CC4)n3)cn2)CC1. The van der Waals surface area contributed by atoms with Gasteiger partial charge in [0.15, 0.2) is 0 Å². The summed E-state index contributed by atoms with van der Waals surface area (Å²) in [5, 5.41) is 8.15. The quantitative estimate of drug-likeness (QED) is 0.664. The summed E-state index contributed by atoms with van der Waals surface area (Å²) in [6, 6.07) is 5.77. The summed E-state index contributed by atoms with van der Waals surface area (Å²) in [5.41, 5.74) is 0.854. The molecule has 0 atom stereocenters. The van der Waals surface area contributed by atoms with Gasteiger partial charge in [-0.25, -0.2) is 4.98 Å². The van der Waals surface area contributed by atoms with Crippen molar-refractivity contribution in [2.45, 2.75) is 25.3 Å². The van der Waals surface area contributed by atoms with E-state index in [4.69, 9.17) is 4.52 Å². The normalized spacial score (nSPS) is 17.1. The minimum atomic E-state index is 0.0928. The van der Waals surface area contributed by atoms with Gasteiger partial charge in [0, 0.05) is 56.3 Å². The van der Waals surface area contributed by atoms with Gasteiger partial charge in [-0.2, -0.15) is 10.1 Å². The number of nitrogens with zero attached hydrogens (tertiary/aromatic N) is 7. The first-order valence-corrected chi connectivity index (χ1v) is 9.56. The second-order valence-corrected chi connectivity index (χ2v) is 7.21. The molecule has 0 spiro atoms. The van der Waals surface area contributed by atoms with Crippen LogP contribution < -0.4 is 4.90 Å². The summed E-state index contributed by atoms with van der Waals surface area (Å²) in [7, 11) is 0. The van der Waals surface area contributed by atoms with Gasteiger partial charge in [0.2, 0.25) is 17.6 Å². The van der Waals surface area contributed by atoms with E-state index in [0.717, 1.165) is 43.2 Å². The Morgan fingerprint density at radius 3 is 2.71 bits per heavy atom. The minimum absolute atomic E-state index is 0.0928. The molecule has 1 saturated heterocycles. The molecule has 1 aliphatic heterocycles. The molecule has 0 unspecified atom stereocenters. The maximum atomic E-state index is 12.4. The van der Waals surface area contributed by atoms with Crippen molar-refractivity contribution in [1.29, 1.82) is 0 Å². The summed E-state index contributed by atoms with van der Waals surface area (Å²) < 4.78 is 6.97. The van der Waals surface area contributed by atoms with Gasteiger partial charge in [-0.1, -0.05) is 5.16 Å². The van der Waals surface area contributed by atoms with Crippen LogP contribution in [0, 0.1) is 0 Å². The molecular formula is C19H21N7O2. The molecule has 3 aromatic heterocycles. The fourth-order valence-corrected chi connectivity index (χ4v) is 3.37. The Morgan fingerprint density at radius 1 is 1.18 bits per heavy atom. The maximum absolute atomic E-state index is 12.4. The minimum Gasteiger partial charge on any atom is -0.353 e. The maximum Gasteiger partial charge on any atom is 0.244 e. The van der Waals surface area contributed by atoms with Crippen molar-refractivity contribution < 1.29 is 9.32 Å². The number of carbonyl (C=O) groups excluding carboxylic acids is 1. The number of anilines is 1. The van der Waals surface area contributed by atoms with Gasteiger partial charge in [0.1, 0.15) is 12.4 Å². The number of carbonyl (C=O) groups is 1. The monoisotopic (exact) mass is 379 g/mol. The first-order valence-electron chi connectivity index (χ1n) is 9.56. The Bertz CT molecular complexity index is 939. The lowest BCUT2D eigenvalue weighted by atomic mass is 10.2. The van der Waals surface area contributed by atoms with E-state index in [1.165, 1.54) is 0 Å². The third-order valence-corrected chi connectivity index (χ3v) is 5.19. The van der Waals surface area contributed by atoms with Crippen LogP contribution in [0.25, 0.3) is 11.4 Å². The van der Waals surface area contributed by atoms with Crippen molar-refractivity contribution in [3.63, 3.8) is 0 Å². The highest BCUT2D eigenvalue weighted by molar-refractivity contribution is 5.76. The Kier molecular flexibility index (Phi) is 4.27. The molecule has 0 bridgehead atoms. The van der Waals surface area contributed by atoms with Gasteiger partial charge in [-0.3, -0.25) is 9.48 Å². The van der Waals surface area contributed by atoms with Crippen molar-refractivity contribution in [2.24, 2.45) is 0 Å². The lowest BCUT2D eigenvalue weighted by Gasteiger charge is -2.35. The van der Waals surface area contributed by atoms with Crippen LogP contribution in [0.4, 0.5) is 5.82 Å². The van der Waals surface area contributed by atoms with Crippen LogP contribution in [0.1, 0.15) is 24.7 Å². The van der Waals surface area contributed by atoms with Crippen LogP contribution >= 0.6 is 0 Å². The number of pyridine rings is 1. The van der Waals surface area contributed by atoms with Crippen molar-refractivity contribution >= 4 is 11.7 Å². The average molecular weight is 379 g/mol. The van der Waals surface area contributed by atoms with Crippen LogP contribution in [0.5, 0.6) is 0 Å². The number of hydrogen-bond donors (Lipinski definition) is 0. The van der Waals surface area contributed by atoms with E-state index in [1.807, 2.05) is 23.1 Å². The van der Waals surface area contributed by atoms with E-state index in [0.29, 0.717) is 24.8 Å². The first kappa shape index (κ1) is 16.9. The number of piperazine rings is 1. The fraction of sp³-hybridized carbons (Fsp3) is 0.421. The molecule has 2 aliphatic rings. The zero-order chi connectivity index (χ0) is 18.9. The molecular weight excluding hydrogens is 358 g/mol. The number of aromatic nitrogens is 5. The van der Waals surface area contributed by atoms with Gasteiger partial charge < -0.3 is 14.3 Å². The van der Waals surface area contributed by atoms with E-state index in [9.17, 15) is 4.79 Å². The molecule has 3 aromatic rings. The zero-order valence-electron chi connectivity index (χ0n) is 15.4. The van der Waals surface area contributed by atoms with E-state index < -0.39 is 0 Å². The summed E-state index contributed by atoms with van der Waals surface area (Å²) in [5.74, 6) is 2.76. The molecule has 5 rings (SSSR count). The van der Waals surface area contributed by atoms with Crippen LogP contribution in [0.15, 0.2) is 41.3 Å². The van der Waals surface area contributed by atoms with Crippen molar-refractivity contribution in [2.75, 3.05) is 31.1 Å². The Balaban J connectivity index is 1.18. The van der Waals surface area contributed by atoms with E-state index in [2.05, 4.69) is 25.1 Å². The molecule has 0 radical (unpaired) electrons. The van der Waals surface area contributed by atoms with Crippen LogP contribution in [0.2, 0.25) is 0 Å². The van der Waals surface area contributed by atoms with Crippen LogP contribution in [-0.4, -0.2) is 61.9 Å². The van der Waals surface area contributed by atoms with E-state index in [1.54, 1.807) is 23.3 Å². The first-order chi connectivity index (χ1) is 13.8. The van der Waals surface area contributed by atoms with Gasteiger partial charge in [-0.15, -0.1) is 0 Å².